The molecular formula is C34H55NO6. The van der Waals surface area contributed by atoms with Crippen LogP contribution in [0.3, 0.4) is 0 Å². The molecule has 0 aromatic heterocycles. The lowest BCUT2D eigenvalue weighted by Crippen LogP contribution is -2.60. The highest BCUT2D eigenvalue weighted by Crippen LogP contribution is 2.89. The van der Waals surface area contributed by atoms with Crippen molar-refractivity contribution in [3.8, 4) is 0 Å². The lowest BCUT2D eigenvalue weighted by molar-refractivity contribution is -0.256. The Morgan fingerprint density at radius 3 is 2.46 bits per heavy atom. The Kier molecular flexibility index (Phi) is 6.29. The molecule has 0 bridgehead atoms. The Bertz CT molecular complexity index is 1050. The van der Waals surface area contributed by atoms with Gasteiger partial charge in [0.1, 0.15) is 0 Å². The fraction of sp³-hybridized carbons (Fsp3) is 1.00. The third-order valence-corrected chi connectivity index (χ3v) is 15.5. The smallest absolute Gasteiger partial charge is 0.170 e. The van der Waals surface area contributed by atoms with Crippen LogP contribution in [0, 0.1) is 50.7 Å². The number of hydrogen-bond donors (Lipinski definition) is 2. The second-order valence-corrected chi connectivity index (χ2v) is 16.9. The van der Waals surface area contributed by atoms with E-state index >= 15 is 0 Å². The molecule has 3 saturated heterocycles. The van der Waals surface area contributed by atoms with Gasteiger partial charge in [0.25, 0.3) is 0 Å². The minimum Gasteiger partial charge on any atom is -0.394 e. The van der Waals surface area contributed by atoms with E-state index in [-0.39, 0.29) is 47.5 Å². The summed E-state index contributed by atoms with van der Waals surface area (Å²) >= 11 is 0. The molecule has 8 fully saturated rings. The van der Waals surface area contributed by atoms with Gasteiger partial charge in [-0.25, -0.2) is 0 Å². The zero-order chi connectivity index (χ0) is 28.6. The Morgan fingerprint density at radius 1 is 0.976 bits per heavy atom. The standard InChI is InChI=1S/C34H55NO6/c1-20-14-22(16-36)40-28-27(20)31(4)10-11-34-19-33(34)9-8-25(41-26-15-35(12-13-39-26)21-17-38-18-21)30(2,3)23(33)6-7-24(34)32(31,5)29(28)37/h20-29,36-37H,6-19H2,1-5H3/t20-,22-,23+,24+,25+,26+,27+,28+,29+,31-,32-,33-,34+/m1/s1. The Hall–Kier alpha value is -0.280. The van der Waals surface area contributed by atoms with E-state index in [9.17, 15) is 10.2 Å². The van der Waals surface area contributed by atoms with E-state index in [1.165, 1.54) is 38.5 Å². The van der Waals surface area contributed by atoms with Gasteiger partial charge >= 0.3 is 0 Å². The minimum atomic E-state index is -0.453. The molecule has 0 radical (unpaired) electrons. The molecule has 0 aromatic carbocycles. The predicted molar refractivity (Wildman–Crippen MR) is 154 cm³/mol. The lowest BCUT2D eigenvalue weighted by Gasteiger charge is -2.64. The monoisotopic (exact) mass is 573 g/mol. The molecule has 0 unspecified atom stereocenters. The molecule has 3 aliphatic heterocycles. The predicted octanol–water partition coefficient (Wildman–Crippen LogP) is 4.23. The fourth-order valence-corrected chi connectivity index (χ4v) is 13.4. The van der Waals surface area contributed by atoms with E-state index in [2.05, 4.69) is 39.5 Å². The highest BCUT2D eigenvalue weighted by Gasteiger charge is 2.84. The van der Waals surface area contributed by atoms with Crippen molar-refractivity contribution in [3.63, 3.8) is 0 Å². The van der Waals surface area contributed by atoms with Crippen LogP contribution in [0.5, 0.6) is 0 Å². The molecule has 232 valence electrons. The maximum atomic E-state index is 12.2. The van der Waals surface area contributed by atoms with E-state index in [0.29, 0.717) is 40.5 Å². The van der Waals surface area contributed by atoms with E-state index in [1.807, 2.05) is 0 Å². The quantitative estimate of drug-likeness (QED) is 0.521. The van der Waals surface area contributed by atoms with Gasteiger partial charge in [0, 0.05) is 12.0 Å². The average molecular weight is 574 g/mol. The number of rotatable bonds is 4. The zero-order valence-corrected chi connectivity index (χ0v) is 26.1. The van der Waals surface area contributed by atoms with Crippen molar-refractivity contribution in [2.45, 2.75) is 123 Å². The molecule has 2 spiro atoms. The Labute approximate surface area is 247 Å². The van der Waals surface area contributed by atoms with Gasteiger partial charge in [0.15, 0.2) is 6.29 Å². The van der Waals surface area contributed by atoms with Gasteiger partial charge < -0.3 is 29.2 Å². The van der Waals surface area contributed by atoms with Gasteiger partial charge in [-0.15, -0.1) is 0 Å². The van der Waals surface area contributed by atoms with Crippen molar-refractivity contribution < 1.29 is 29.2 Å². The van der Waals surface area contributed by atoms with Crippen molar-refractivity contribution >= 4 is 0 Å². The van der Waals surface area contributed by atoms with Crippen LogP contribution >= 0.6 is 0 Å². The third kappa shape index (κ3) is 3.46. The van der Waals surface area contributed by atoms with Crippen molar-refractivity contribution in [2.24, 2.45) is 50.7 Å². The van der Waals surface area contributed by atoms with Crippen LogP contribution in [-0.2, 0) is 18.9 Å². The van der Waals surface area contributed by atoms with E-state index < -0.39 is 6.10 Å². The highest BCUT2D eigenvalue weighted by atomic mass is 16.7. The van der Waals surface area contributed by atoms with E-state index in [0.717, 1.165) is 45.8 Å². The molecule has 5 aliphatic carbocycles. The first-order valence-electron chi connectivity index (χ1n) is 17.0. The number of nitrogens with zero attached hydrogens (tertiary/aromatic N) is 1. The summed E-state index contributed by atoms with van der Waals surface area (Å²) in [4.78, 5) is 2.51. The Morgan fingerprint density at radius 2 is 1.73 bits per heavy atom. The summed E-state index contributed by atoms with van der Waals surface area (Å²) in [6.45, 7) is 16.6. The summed E-state index contributed by atoms with van der Waals surface area (Å²) in [5.41, 5.74) is 0.779. The van der Waals surface area contributed by atoms with Gasteiger partial charge in [0.05, 0.1) is 63.4 Å². The molecular weight excluding hydrogens is 518 g/mol. The Balaban J connectivity index is 1.04. The summed E-state index contributed by atoms with van der Waals surface area (Å²) in [7, 11) is 0. The molecule has 2 N–H and O–H groups in total. The molecule has 8 aliphatic rings. The van der Waals surface area contributed by atoms with Gasteiger partial charge in [0.2, 0.25) is 0 Å². The topological polar surface area (TPSA) is 80.6 Å². The molecule has 8 rings (SSSR count). The largest absolute Gasteiger partial charge is 0.394 e. The lowest BCUT2D eigenvalue weighted by atomic mass is 9.41. The molecule has 41 heavy (non-hydrogen) atoms. The summed E-state index contributed by atoms with van der Waals surface area (Å²) in [5, 5.41) is 22.2. The maximum absolute atomic E-state index is 12.2. The second-order valence-electron chi connectivity index (χ2n) is 16.9. The number of hydrogen-bond acceptors (Lipinski definition) is 7. The van der Waals surface area contributed by atoms with Crippen LogP contribution in [-0.4, -0.2) is 91.4 Å². The third-order valence-electron chi connectivity index (χ3n) is 15.5. The molecule has 7 nitrogen and oxygen atoms in total. The number of aliphatic hydroxyl groups is 2. The molecule has 13 atom stereocenters. The van der Waals surface area contributed by atoms with Crippen molar-refractivity contribution in [3.05, 3.63) is 0 Å². The van der Waals surface area contributed by atoms with Crippen LogP contribution in [0.2, 0.25) is 0 Å². The van der Waals surface area contributed by atoms with Crippen LogP contribution in [0.1, 0.15) is 86.0 Å². The minimum absolute atomic E-state index is 0.0586. The average Bonchev–Trinajstić information content (AvgIpc) is 3.54. The van der Waals surface area contributed by atoms with Gasteiger partial charge in [-0.2, -0.15) is 0 Å². The first-order valence-corrected chi connectivity index (χ1v) is 17.0. The van der Waals surface area contributed by atoms with Gasteiger partial charge in [-0.05, 0) is 96.7 Å². The van der Waals surface area contributed by atoms with Crippen LogP contribution in [0.4, 0.5) is 0 Å². The molecule has 0 amide bonds. The summed E-state index contributed by atoms with van der Waals surface area (Å²) < 4.78 is 25.0. The first-order chi connectivity index (χ1) is 19.5. The van der Waals surface area contributed by atoms with Gasteiger partial charge in [-0.3, -0.25) is 4.90 Å². The molecule has 5 saturated carbocycles. The van der Waals surface area contributed by atoms with E-state index in [1.54, 1.807) is 0 Å². The number of aliphatic hydroxyl groups excluding tert-OH is 2. The van der Waals surface area contributed by atoms with Crippen LogP contribution < -0.4 is 0 Å². The number of ether oxygens (including phenoxy) is 4. The first kappa shape index (κ1) is 28.2. The summed E-state index contributed by atoms with van der Waals surface area (Å²) in [5.74, 6) is 2.04. The molecule has 7 heteroatoms. The summed E-state index contributed by atoms with van der Waals surface area (Å²) in [6.07, 6.45) is 8.91. The highest BCUT2D eigenvalue weighted by molar-refractivity contribution is 5.32. The van der Waals surface area contributed by atoms with Crippen LogP contribution in [0.15, 0.2) is 0 Å². The van der Waals surface area contributed by atoms with Gasteiger partial charge in [-0.1, -0.05) is 34.6 Å². The number of morpholine rings is 1. The van der Waals surface area contributed by atoms with E-state index in [4.69, 9.17) is 18.9 Å². The van der Waals surface area contributed by atoms with Crippen LogP contribution in [0.25, 0.3) is 0 Å². The summed E-state index contributed by atoms with van der Waals surface area (Å²) in [6, 6.07) is 0.533. The normalized spacial score (nSPS) is 57.9. The molecule has 0 aromatic rings. The second kappa shape index (κ2) is 9.14. The zero-order valence-electron chi connectivity index (χ0n) is 26.1. The van der Waals surface area contributed by atoms with Crippen molar-refractivity contribution in [1.82, 2.24) is 4.90 Å². The molecule has 3 heterocycles. The maximum Gasteiger partial charge on any atom is 0.170 e. The van der Waals surface area contributed by atoms with Crippen molar-refractivity contribution in [2.75, 3.05) is 39.5 Å². The van der Waals surface area contributed by atoms with Crippen molar-refractivity contribution in [1.29, 1.82) is 0 Å². The fourth-order valence-electron chi connectivity index (χ4n) is 13.4. The SMILES string of the molecule is C[C@@H]1C[C@H](CO)O[C@H]2[C@H]1[C@@]1(C)CC[C@@]34C[C@@]35CC[C@H](O[C@H]3CN(C6COC6)CCO3)C(C)(C)[C@@H]5CC[C@H]4[C@]1(C)[C@H]2O. The number of fused-ring (bicyclic) bond motifs is 4.